The van der Waals surface area contributed by atoms with Crippen LogP contribution in [0.4, 0.5) is 4.79 Å². The minimum Gasteiger partial charge on any atom is -0.543 e. The first kappa shape index (κ1) is 34.6. The molecular formula is C40H57N3O5Si. The first-order chi connectivity index (χ1) is 23.0. The van der Waals surface area contributed by atoms with E-state index in [4.69, 9.17) is 9.16 Å². The lowest BCUT2D eigenvalue weighted by molar-refractivity contribution is -0.108. The Morgan fingerprint density at radius 1 is 1.06 bits per heavy atom. The number of rotatable bonds is 7. The lowest BCUT2D eigenvalue weighted by Gasteiger charge is -2.66. The summed E-state index contributed by atoms with van der Waals surface area (Å²) in [5, 5.41) is 14.1. The van der Waals surface area contributed by atoms with E-state index in [2.05, 4.69) is 67.2 Å². The van der Waals surface area contributed by atoms with Gasteiger partial charge in [-0.3, -0.25) is 9.69 Å². The fraction of sp³-hybridized carbons (Fsp3) is 0.650. The van der Waals surface area contributed by atoms with Crippen molar-refractivity contribution in [3.63, 3.8) is 0 Å². The van der Waals surface area contributed by atoms with Gasteiger partial charge in [0.25, 0.3) is 5.91 Å². The smallest absolute Gasteiger partial charge is 0.407 e. The highest BCUT2D eigenvalue weighted by molar-refractivity contribution is 6.74. The van der Waals surface area contributed by atoms with Crippen molar-refractivity contribution in [3.8, 4) is 5.75 Å². The maximum atomic E-state index is 14.0. The standard InChI is InChI=1S/C40H57N3O5Si/c1-37(2,3)47-36(46)41-23-29(44)25-42-19-18-40-31-21-30(48-49(7,8)38(4,5)6)15-14-27(31)20-33(42)39(40)17-16-32-34(40)28(22-39)24-43(32)35(45)26-12-10-9-11-13-26/h9-15,21,28-29,32-34,44H,16-20,22-25H2,1-8H3,(H,41,46)/t28-,29?,32?,33?,34?,39?,40?/m1/s1. The molecule has 2 saturated carbocycles. The number of nitrogens with zero attached hydrogens (tertiary/aromatic N) is 2. The number of nitrogens with one attached hydrogen (secondary N) is 1. The molecule has 5 aliphatic rings. The molecule has 7 rings (SSSR count). The number of piperidine rings is 1. The third kappa shape index (κ3) is 5.62. The summed E-state index contributed by atoms with van der Waals surface area (Å²) in [6.45, 7) is 19.4. The molecule has 2 N–H and O–H groups in total. The number of carbonyl (C=O) groups excluding carboxylic acids is 2. The Labute approximate surface area is 294 Å². The molecule has 266 valence electrons. The summed E-state index contributed by atoms with van der Waals surface area (Å²) in [5.41, 5.74) is 3.08. The summed E-state index contributed by atoms with van der Waals surface area (Å²) in [6, 6.07) is 17.3. The number of ether oxygens (including phenoxy) is 1. The molecule has 2 saturated heterocycles. The monoisotopic (exact) mass is 687 g/mol. The predicted octanol–water partition coefficient (Wildman–Crippen LogP) is 6.77. The third-order valence-electron chi connectivity index (χ3n) is 13.4. The van der Waals surface area contributed by atoms with Gasteiger partial charge in [0, 0.05) is 42.7 Å². The van der Waals surface area contributed by atoms with E-state index in [-0.39, 0.29) is 34.4 Å². The van der Waals surface area contributed by atoms with E-state index in [1.807, 2.05) is 51.1 Å². The van der Waals surface area contributed by atoms with Crippen molar-refractivity contribution >= 4 is 20.3 Å². The average molecular weight is 688 g/mol. The second-order valence-electron chi connectivity index (χ2n) is 18.2. The molecular weight excluding hydrogens is 631 g/mol. The molecule has 0 radical (unpaired) electrons. The van der Waals surface area contributed by atoms with E-state index in [0.717, 1.165) is 56.5 Å². The average Bonchev–Trinajstić information content (AvgIpc) is 3.46. The maximum absolute atomic E-state index is 14.0. The number of hydrogen-bond donors (Lipinski definition) is 2. The molecule has 6 unspecified atom stereocenters. The van der Waals surface area contributed by atoms with Gasteiger partial charge >= 0.3 is 6.09 Å². The Bertz CT molecular complexity index is 1600. The van der Waals surface area contributed by atoms with Crippen LogP contribution in [-0.4, -0.2) is 85.2 Å². The van der Waals surface area contributed by atoms with Crippen molar-refractivity contribution in [1.29, 1.82) is 0 Å². The number of carbonyl (C=O) groups is 2. The number of likely N-dealkylation sites (tertiary alicyclic amines) is 2. The van der Waals surface area contributed by atoms with Gasteiger partial charge in [-0.25, -0.2) is 4.79 Å². The zero-order valence-electron chi connectivity index (χ0n) is 30.8. The molecule has 4 bridgehead atoms. The van der Waals surface area contributed by atoms with E-state index in [1.165, 1.54) is 11.1 Å². The Morgan fingerprint density at radius 3 is 2.49 bits per heavy atom. The molecule has 49 heavy (non-hydrogen) atoms. The van der Waals surface area contributed by atoms with Gasteiger partial charge in [-0.1, -0.05) is 45.0 Å². The SMILES string of the molecule is CC(C)(C)OC(=O)NCC(O)CN1CCC23c4cc(O[Si](C)(C)C(C)(C)C)ccc4CC1C21CCC2C3[C@@H](CN2C(=O)c2ccccc2)C1. The van der Waals surface area contributed by atoms with Crippen LogP contribution in [0.3, 0.4) is 0 Å². The van der Waals surface area contributed by atoms with Gasteiger partial charge in [0.05, 0.1) is 6.10 Å². The fourth-order valence-electron chi connectivity index (χ4n) is 10.6. The molecule has 2 aromatic rings. The second-order valence-corrected chi connectivity index (χ2v) is 23.0. The minimum atomic E-state index is -2.05. The van der Waals surface area contributed by atoms with Crippen LogP contribution in [0.2, 0.25) is 18.1 Å². The van der Waals surface area contributed by atoms with Gasteiger partial charge in [-0.2, -0.15) is 0 Å². The molecule has 2 heterocycles. The van der Waals surface area contributed by atoms with E-state index in [0.29, 0.717) is 24.4 Å². The number of aliphatic hydroxyl groups excluding tert-OH is 1. The molecule has 2 aliphatic heterocycles. The number of alkyl carbamates (subject to hydrolysis) is 1. The summed E-state index contributed by atoms with van der Waals surface area (Å²) in [5.74, 6) is 2.01. The van der Waals surface area contributed by atoms with Crippen molar-refractivity contribution in [3.05, 3.63) is 65.2 Å². The van der Waals surface area contributed by atoms with Gasteiger partial charge in [0.2, 0.25) is 8.32 Å². The highest BCUT2D eigenvalue weighted by Crippen LogP contribution is 2.75. The van der Waals surface area contributed by atoms with Crippen molar-refractivity contribution in [2.45, 2.75) is 121 Å². The molecule has 3 aliphatic carbocycles. The Balaban J connectivity index is 1.23. The fourth-order valence-corrected chi connectivity index (χ4v) is 11.7. The molecule has 2 aromatic carbocycles. The van der Waals surface area contributed by atoms with Gasteiger partial charge in [-0.15, -0.1) is 0 Å². The Hall–Kier alpha value is -2.88. The van der Waals surface area contributed by atoms with E-state index in [9.17, 15) is 14.7 Å². The second kappa shape index (κ2) is 11.8. The molecule has 4 fully saturated rings. The van der Waals surface area contributed by atoms with Crippen LogP contribution in [0.15, 0.2) is 48.5 Å². The van der Waals surface area contributed by atoms with Gasteiger partial charge in [0.15, 0.2) is 0 Å². The zero-order valence-corrected chi connectivity index (χ0v) is 31.8. The molecule has 8 nitrogen and oxygen atoms in total. The highest BCUT2D eigenvalue weighted by atomic mass is 28.4. The van der Waals surface area contributed by atoms with Crippen LogP contribution in [0.1, 0.15) is 88.7 Å². The van der Waals surface area contributed by atoms with E-state index < -0.39 is 26.1 Å². The number of amides is 2. The topological polar surface area (TPSA) is 91.3 Å². The molecule has 7 atom stereocenters. The quantitative estimate of drug-likeness (QED) is 0.313. The summed E-state index contributed by atoms with van der Waals surface area (Å²) < 4.78 is 12.4. The van der Waals surface area contributed by atoms with Gasteiger partial charge in [-0.05, 0) is 130 Å². The Kier molecular flexibility index (Phi) is 8.35. The van der Waals surface area contributed by atoms with Crippen molar-refractivity contribution in [2.75, 3.05) is 26.2 Å². The third-order valence-corrected chi connectivity index (χ3v) is 17.7. The lowest BCUT2D eigenvalue weighted by atomic mass is 9.43. The summed E-state index contributed by atoms with van der Waals surface area (Å²) in [4.78, 5) is 31.2. The number of benzene rings is 2. The highest BCUT2D eigenvalue weighted by Gasteiger charge is 2.76. The van der Waals surface area contributed by atoms with E-state index in [1.54, 1.807) is 0 Å². The van der Waals surface area contributed by atoms with Crippen molar-refractivity contribution in [1.82, 2.24) is 15.1 Å². The van der Waals surface area contributed by atoms with Crippen LogP contribution >= 0.6 is 0 Å². The molecule has 0 aromatic heterocycles. The zero-order chi connectivity index (χ0) is 35.1. The predicted molar refractivity (Wildman–Crippen MR) is 194 cm³/mol. The number of hydrogen-bond acceptors (Lipinski definition) is 6. The van der Waals surface area contributed by atoms with Crippen LogP contribution in [0, 0.1) is 17.3 Å². The largest absolute Gasteiger partial charge is 0.543 e. The van der Waals surface area contributed by atoms with E-state index >= 15 is 0 Å². The van der Waals surface area contributed by atoms with Crippen LogP contribution < -0.4 is 9.74 Å². The summed E-state index contributed by atoms with van der Waals surface area (Å²) in [6.07, 6.45) is 3.94. The van der Waals surface area contributed by atoms with Crippen molar-refractivity contribution < 1.29 is 23.9 Å². The number of aliphatic hydroxyl groups is 1. The number of fused-ring (bicyclic) bond motifs is 1. The lowest BCUT2D eigenvalue weighted by Crippen LogP contribution is -2.70. The van der Waals surface area contributed by atoms with Gasteiger partial charge in [0.1, 0.15) is 11.4 Å². The number of β-amino-alcohol motifs (C(OH)–C–C–N with tert-alkyl or cyclic N) is 1. The minimum absolute atomic E-state index is 0.0480. The first-order valence-corrected chi connectivity index (χ1v) is 21.4. The Morgan fingerprint density at radius 2 is 1.80 bits per heavy atom. The first-order valence-electron chi connectivity index (χ1n) is 18.5. The van der Waals surface area contributed by atoms with Crippen LogP contribution in [0.5, 0.6) is 5.75 Å². The molecule has 0 spiro atoms. The van der Waals surface area contributed by atoms with Crippen LogP contribution in [-0.2, 0) is 16.6 Å². The van der Waals surface area contributed by atoms with Crippen molar-refractivity contribution in [2.24, 2.45) is 17.3 Å². The van der Waals surface area contributed by atoms with Gasteiger partial charge < -0.3 is 24.5 Å². The normalized spacial score (nSPS) is 31.1. The molecule has 9 heteroatoms. The van der Waals surface area contributed by atoms with Crippen LogP contribution in [0.25, 0.3) is 0 Å². The maximum Gasteiger partial charge on any atom is 0.407 e. The summed E-state index contributed by atoms with van der Waals surface area (Å²) in [7, 11) is -2.05. The summed E-state index contributed by atoms with van der Waals surface area (Å²) >= 11 is 0. The molecule has 2 amide bonds.